The summed E-state index contributed by atoms with van der Waals surface area (Å²) in [4.78, 5) is 2.39. The van der Waals surface area contributed by atoms with Gasteiger partial charge in [-0.2, -0.15) is 5.10 Å². The molecule has 1 aliphatic heterocycles. The summed E-state index contributed by atoms with van der Waals surface area (Å²) in [6.07, 6.45) is 4.74. The Morgan fingerprint density at radius 1 is 1.40 bits per heavy atom. The van der Waals surface area contributed by atoms with Crippen molar-refractivity contribution in [1.82, 2.24) is 14.7 Å². The Morgan fingerprint density at radius 2 is 2.15 bits per heavy atom. The highest BCUT2D eigenvalue weighted by Crippen LogP contribution is 2.17. The number of morpholine rings is 1. The van der Waals surface area contributed by atoms with Crippen molar-refractivity contribution < 1.29 is 4.74 Å². The first-order valence-electron chi connectivity index (χ1n) is 7.64. The predicted octanol–water partition coefficient (Wildman–Crippen LogP) is 3.07. The van der Waals surface area contributed by atoms with Crippen molar-refractivity contribution in [2.45, 2.75) is 58.4 Å². The average Bonchev–Trinajstić information content (AvgIpc) is 2.88. The number of hydrogen-bond acceptors (Lipinski definition) is 3. The summed E-state index contributed by atoms with van der Waals surface area (Å²) in [6.45, 7) is 9.26. The molecule has 0 aromatic carbocycles. The molecule has 2 rings (SSSR count). The Labute approximate surface area is 127 Å². The first-order valence-corrected chi connectivity index (χ1v) is 8.17. The van der Waals surface area contributed by atoms with Gasteiger partial charge in [0, 0.05) is 31.7 Å². The highest BCUT2D eigenvalue weighted by atomic mass is 35.5. The molecule has 0 spiro atoms. The van der Waals surface area contributed by atoms with Crippen molar-refractivity contribution in [2.24, 2.45) is 0 Å². The van der Waals surface area contributed by atoms with Gasteiger partial charge in [-0.05, 0) is 25.8 Å². The van der Waals surface area contributed by atoms with Gasteiger partial charge in [0.2, 0.25) is 0 Å². The molecule has 1 aromatic rings. The van der Waals surface area contributed by atoms with E-state index in [0.717, 1.165) is 38.2 Å². The molecule has 2 unspecified atom stereocenters. The molecule has 1 aliphatic rings. The number of alkyl halides is 1. The first kappa shape index (κ1) is 15.8. The van der Waals surface area contributed by atoms with Crippen LogP contribution in [0.25, 0.3) is 0 Å². The molecule has 0 aliphatic carbocycles. The lowest BCUT2D eigenvalue weighted by Crippen LogP contribution is -2.46. The summed E-state index contributed by atoms with van der Waals surface area (Å²) in [5, 5.41) is 4.72. The number of ether oxygens (including phenoxy) is 1. The largest absolute Gasteiger partial charge is 0.371 e. The van der Waals surface area contributed by atoms with Crippen LogP contribution in [0.3, 0.4) is 0 Å². The molecule has 114 valence electrons. The standard InChI is InChI=1S/C15H26ClN3O/c1-4-14(5-2)19-7-6-13(17-19)10-18-9-12(3)20-15(8-16)11-18/h6-7,12,14-15H,4-5,8-11H2,1-3H3. The third-order valence-electron chi connectivity index (χ3n) is 3.94. The van der Waals surface area contributed by atoms with Gasteiger partial charge in [0.25, 0.3) is 0 Å². The van der Waals surface area contributed by atoms with E-state index in [1.54, 1.807) is 0 Å². The Balaban J connectivity index is 1.96. The number of rotatable bonds is 6. The SMILES string of the molecule is CCC(CC)n1ccc(CN2CC(C)OC(CCl)C2)n1. The smallest absolute Gasteiger partial charge is 0.0841 e. The van der Waals surface area contributed by atoms with Crippen molar-refractivity contribution >= 4 is 11.6 Å². The molecule has 0 N–H and O–H groups in total. The minimum absolute atomic E-state index is 0.140. The summed E-state index contributed by atoms with van der Waals surface area (Å²) in [6, 6.07) is 2.65. The second-order valence-electron chi connectivity index (χ2n) is 5.67. The van der Waals surface area contributed by atoms with Crippen LogP contribution in [0.5, 0.6) is 0 Å². The van der Waals surface area contributed by atoms with Crippen LogP contribution < -0.4 is 0 Å². The Hall–Kier alpha value is -0.580. The third-order valence-corrected chi connectivity index (χ3v) is 4.28. The van der Waals surface area contributed by atoms with Gasteiger partial charge >= 0.3 is 0 Å². The van der Waals surface area contributed by atoms with Crippen LogP contribution in [0.2, 0.25) is 0 Å². The zero-order valence-electron chi connectivity index (χ0n) is 12.8. The molecule has 5 heteroatoms. The van der Waals surface area contributed by atoms with Crippen LogP contribution in [0.1, 0.15) is 45.3 Å². The molecule has 0 bridgehead atoms. The monoisotopic (exact) mass is 299 g/mol. The molecule has 20 heavy (non-hydrogen) atoms. The summed E-state index contributed by atoms with van der Waals surface area (Å²) in [7, 11) is 0. The Kier molecular flexibility index (Phi) is 5.87. The molecule has 1 saturated heterocycles. The van der Waals surface area contributed by atoms with Gasteiger partial charge in [-0.25, -0.2) is 0 Å². The van der Waals surface area contributed by atoms with Gasteiger partial charge in [0.1, 0.15) is 0 Å². The zero-order chi connectivity index (χ0) is 14.5. The van der Waals surface area contributed by atoms with Crippen molar-refractivity contribution in [2.75, 3.05) is 19.0 Å². The molecule has 4 nitrogen and oxygen atoms in total. The molecule has 2 atom stereocenters. The summed E-state index contributed by atoms with van der Waals surface area (Å²) in [5.74, 6) is 0.559. The van der Waals surface area contributed by atoms with Gasteiger partial charge < -0.3 is 4.74 Å². The quantitative estimate of drug-likeness (QED) is 0.756. The second-order valence-corrected chi connectivity index (χ2v) is 5.98. The van der Waals surface area contributed by atoms with Crippen LogP contribution in [-0.4, -0.2) is 45.9 Å². The Morgan fingerprint density at radius 3 is 2.80 bits per heavy atom. The summed E-state index contributed by atoms with van der Waals surface area (Å²) in [5.41, 5.74) is 1.14. The van der Waals surface area contributed by atoms with Crippen LogP contribution in [0.4, 0.5) is 0 Å². The fourth-order valence-corrected chi connectivity index (χ4v) is 3.08. The molecule has 0 amide bonds. The summed E-state index contributed by atoms with van der Waals surface area (Å²) >= 11 is 5.93. The van der Waals surface area contributed by atoms with Crippen molar-refractivity contribution in [1.29, 1.82) is 0 Å². The highest BCUT2D eigenvalue weighted by Gasteiger charge is 2.25. The van der Waals surface area contributed by atoms with E-state index in [1.165, 1.54) is 0 Å². The normalized spacial score (nSPS) is 24.4. The third kappa shape index (κ3) is 3.96. The van der Waals surface area contributed by atoms with Crippen LogP contribution in [-0.2, 0) is 11.3 Å². The molecule has 1 aromatic heterocycles. The lowest BCUT2D eigenvalue weighted by molar-refractivity contribution is -0.0692. The number of nitrogens with zero attached hydrogens (tertiary/aromatic N) is 3. The van der Waals surface area contributed by atoms with E-state index in [9.17, 15) is 0 Å². The minimum Gasteiger partial charge on any atom is -0.371 e. The van der Waals surface area contributed by atoms with Gasteiger partial charge in [0.15, 0.2) is 0 Å². The highest BCUT2D eigenvalue weighted by molar-refractivity contribution is 6.18. The zero-order valence-corrected chi connectivity index (χ0v) is 13.5. The molecular formula is C15H26ClN3O. The maximum Gasteiger partial charge on any atom is 0.0841 e. The van der Waals surface area contributed by atoms with Crippen molar-refractivity contribution in [3.05, 3.63) is 18.0 Å². The number of hydrogen-bond donors (Lipinski definition) is 0. The van der Waals surface area contributed by atoms with E-state index in [4.69, 9.17) is 21.4 Å². The van der Waals surface area contributed by atoms with E-state index in [0.29, 0.717) is 11.9 Å². The maximum absolute atomic E-state index is 5.93. The fraction of sp³-hybridized carbons (Fsp3) is 0.800. The fourth-order valence-electron chi connectivity index (χ4n) is 2.91. The van der Waals surface area contributed by atoms with Crippen molar-refractivity contribution in [3.63, 3.8) is 0 Å². The molecule has 0 saturated carbocycles. The Bertz CT molecular complexity index is 406. The second kappa shape index (κ2) is 7.43. The van der Waals surface area contributed by atoms with E-state index in [-0.39, 0.29) is 12.2 Å². The molecule has 1 fully saturated rings. The van der Waals surface area contributed by atoms with Crippen LogP contribution in [0, 0.1) is 0 Å². The van der Waals surface area contributed by atoms with Gasteiger partial charge in [-0.3, -0.25) is 9.58 Å². The van der Waals surface area contributed by atoms with Crippen molar-refractivity contribution in [3.8, 4) is 0 Å². The van der Waals surface area contributed by atoms with E-state index >= 15 is 0 Å². The van der Waals surface area contributed by atoms with E-state index < -0.39 is 0 Å². The van der Waals surface area contributed by atoms with E-state index in [2.05, 4.69) is 42.6 Å². The summed E-state index contributed by atoms with van der Waals surface area (Å²) < 4.78 is 7.89. The van der Waals surface area contributed by atoms with E-state index in [1.807, 2.05) is 0 Å². The number of halogens is 1. The minimum atomic E-state index is 0.140. The average molecular weight is 300 g/mol. The predicted molar refractivity (Wildman–Crippen MR) is 82.2 cm³/mol. The lowest BCUT2D eigenvalue weighted by atomic mass is 10.2. The van der Waals surface area contributed by atoms with Gasteiger partial charge in [-0.15, -0.1) is 11.6 Å². The maximum atomic E-state index is 5.93. The van der Waals surface area contributed by atoms with Gasteiger partial charge in [0.05, 0.1) is 23.9 Å². The van der Waals surface area contributed by atoms with Crippen LogP contribution >= 0.6 is 11.6 Å². The molecule has 2 heterocycles. The van der Waals surface area contributed by atoms with Crippen LogP contribution in [0.15, 0.2) is 12.3 Å². The molecule has 0 radical (unpaired) electrons. The van der Waals surface area contributed by atoms with Gasteiger partial charge in [-0.1, -0.05) is 13.8 Å². The number of aromatic nitrogens is 2. The first-order chi connectivity index (χ1) is 9.66. The molecular weight excluding hydrogens is 274 g/mol. The lowest BCUT2D eigenvalue weighted by Gasteiger charge is -2.35. The topological polar surface area (TPSA) is 30.3 Å².